The van der Waals surface area contributed by atoms with E-state index in [0.717, 1.165) is 18.6 Å². The van der Waals surface area contributed by atoms with Crippen molar-refractivity contribution in [2.24, 2.45) is 0 Å². The monoisotopic (exact) mass is 272 g/mol. The first-order valence-electron chi connectivity index (χ1n) is 7.15. The lowest BCUT2D eigenvalue weighted by Crippen LogP contribution is -2.15. The van der Waals surface area contributed by atoms with E-state index in [4.69, 9.17) is 0 Å². The molecule has 19 heavy (non-hydrogen) atoms. The topological polar surface area (TPSA) is 24.9 Å². The summed E-state index contributed by atoms with van der Waals surface area (Å²) >= 11 is 1.80. The molecule has 1 N–H and O–H groups in total. The lowest BCUT2D eigenvalue weighted by molar-refractivity contribution is 0.632. The summed E-state index contributed by atoms with van der Waals surface area (Å²) in [7, 11) is 0. The number of hydrogen-bond acceptors (Lipinski definition) is 3. The van der Waals surface area contributed by atoms with Crippen LogP contribution in [0.5, 0.6) is 0 Å². The van der Waals surface area contributed by atoms with E-state index in [1.165, 1.54) is 41.8 Å². The van der Waals surface area contributed by atoms with Crippen molar-refractivity contribution in [3.05, 3.63) is 40.9 Å². The van der Waals surface area contributed by atoms with Crippen LogP contribution in [0.1, 0.15) is 37.1 Å². The molecule has 1 heterocycles. The summed E-state index contributed by atoms with van der Waals surface area (Å²) < 4.78 is 1.29. The van der Waals surface area contributed by atoms with Crippen LogP contribution in [0.2, 0.25) is 0 Å². The molecule has 0 atom stereocenters. The molecule has 1 aliphatic carbocycles. The highest BCUT2D eigenvalue weighted by molar-refractivity contribution is 7.18. The van der Waals surface area contributed by atoms with Crippen molar-refractivity contribution in [2.75, 3.05) is 6.54 Å². The number of para-hydroxylation sites is 1. The summed E-state index contributed by atoms with van der Waals surface area (Å²) in [6.07, 6.45) is 8.98. The zero-order valence-electron chi connectivity index (χ0n) is 11.2. The smallest absolute Gasteiger partial charge is 0.108 e. The predicted octanol–water partition coefficient (Wildman–Crippen LogP) is 4.28. The Kier molecular flexibility index (Phi) is 4.26. The zero-order valence-corrected chi connectivity index (χ0v) is 12.0. The number of benzene rings is 1. The fraction of sp³-hybridized carbons (Fsp3) is 0.438. The molecule has 3 rings (SSSR count). The highest BCUT2D eigenvalue weighted by atomic mass is 32.1. The SMILES string of the molecule is C1=C(CCNCc2nc3ccccc3s2)CCCC1. The molecule has 0 amide bonds. The molecule has 0 saturated heterocycles. The standard InChI is InChI=1S/C16H20N2S/c1-2-6-13(7-3-1)10-11-17-12-16-18-14-8-4-5-9-15(14)19-16/h4-6,8-9,17H,1-3,7,10-12H2. The van der Waals surface area contributed by atoms with Crippen molar-refractivity contribution < 1.29 is 0 Å². The van der Waals surface area contributed by atoms with Crippen molar-refractivity contribution in [1.29, 1.82) is 0 Å². The van der Waals surface area contributed by atoms with Gasteiger partial charge in [0.05, 0.1) is 10.2 Å². The van der Waals surface area contributed by atoms with E-state index >= 15 is 0 Å². The number of nitrogens with one attached hydrogen (secondary N) is 1. The van der Waals surface area contributed by atoms with Gasteiger partial charge in [-0.1, -0.05) is 23.8 Å². The van der Waals surface area contributed by atoms with Crippen LogP contribution in [-0.2, 0) is 6.54 Å². The van der Waals surface area contributed by atoms with Crippen molar-refractivity contribution in [2.45, 2.75) is 38.6 Å². The van der Waals surface area contributed by atoms with Crippen molar-refractivity contribution in [3.63, 3.8) is 0 Å². The number of rotatable bonds is 5. The maximum atomic E-state index is 4.64. The third-order valence-electron chi connectivity index (χ3n) is 3.62. The number of fused-ring (bicyclic) bond motifs is 1. The second kappa shape index (κ2) is 6.31. The highest BCUT2D eigenvalue weighted by Crippen LogP contribution is 2.22. The molecule has 1 aliphatic rings. The molecule has 0 radical (unpaired) electrons. The molecule has 3 heteroatoms. The molecule has 1 aromatic carbocycles. The van der Waals surface area contributed by atoms with Crippen LogP contribution in [0.25, 0.3) is 10.2 Å². The Bertz CT molecular complexity index is 538. The van der Waals surface area contributed by atoms with Gasteiger partial charge >= 0.3 is 0 Å². The fourth-order valence-corrected chi connectivity index (χ4v) is 3.51. The maximum Gasteiger partial charge on any atom is 0.108 e. The molecule has 0 bridgehead atoms. The molecule has 0 spiro atoms. The Labute approximate surface area is 118 Å². The molecular formula is C16H20N2S. The van der Waals surface area contributed by atoms with Gasteiger partial charge in [-0.3, -0.25) is 0 Å². The molecule has 2 nitrogen and oxygen atoms in total. The van der Waals surface area contributed by atoms with Crippen molar-refractivity contribution in [3.8, 4) is 0 Å². The zero-order chi connectivity index (χ0) is 12.9. The molecule has 0 fully saturated rings. The maximum absolute atomic E-state index is 4.64. The number of thiazole rings is 1. The minimum Gasteiger partial charge on any atom is -0.310 e. The van der Waals surface area contributed by atoms with Crippen LogP contribution in [0.15, 0.2) is 35.9 Å². The van der Waals surface area contributed by atoms with Crippen molar-refractivity contribution >= 4 is 21.6 Å². The minimum atomic E-state index is 0.895. The van der Waals surface area contributed by atoms with Crippen molar-refractivity contribution in [1.82, 2.24) is 10.3 Å². The lowest BCUT2D eigenvalue weighted by atomic mass is 9.97. The Balaban J connectivity index is 1.48. The van der Waals surface area contributed by atoms with E-state index in [1.807, 2.05) is 0 Å². The average Bonchev–Trinajstić information content (AvgIpc) is 2.87. The Hall–Kier alpha value is -1.19. The molecule has 100 valence electrons. The Morgan fingerprint density at radius 3 is 3.00 bits per heavy atom. The number of aromatic nitrogens is 1. The summed E-state index contributed by atoms with van der Waals surface area (Å²) in [5, 5.41) is 4.71. The van der Waals surface area contributed by atoms with Crippen LogP contribution < -0.4 is 5.32 Å². The van der Waals surface area contributed by atoms with Gasteiger partial charge in [-0.2, -0.15) is 0 Å². The minimum absolute atomic E-state index is 0.895. The number of nitrogens with zero attached hydrogens (tertiary/aromatic N) is 1. The van der Waals surface area contributed by atoms with E-state index in [-0.39, 0.29) is 0 Å². The highest BCUT2D eigenvalue weighted by Gasteiger charge is 2.04. The van der Waals surface area contributed by atoms with Gasteiger partial charge in [0.15, 0.2) is 0 Å². The molecule has 0 aliphatic heterocycles. The first-order chi connectivity index (χ1) is 9.42. The van der Waals surface area contributed by atoms with E-state index in [9.17, 15) is 0 Å². The normalized spacial score (nSPS) is 15.7. The van der Waals surface area contributed by atoms with E-state index in [0.29, 0.717) is 0 Å². The largest absolute Gasteiger partial charge is 0.310 e. The fourth-order valence-electron chi connectivity index (χ4n) is 2.57. The summed E-state index contributed by atoms with van der Waals surface area (Å²) in [5.41, 5.74) is 2.77. The molecule has 1 aromatic heterocycles. The van der Waals surface area contributed by atoms with E-state index < -0.39 is 0 Å². The van der Waals surface area contributed by atoms with Gasteiger partial charge in [-0.05, 0) is 50.8 Å². The van der Waals surface area contributed by atoms with Crippen LogP contribution in [0, 0.1) is 0 Å². The molecule has 0 saturated carbocycles. The first kappa shape index (κ1) is 12.8. The van der Waals surface area contributed by atoms with Crippen LogP contribution in [-0.4, -0.2) is 11.5 Å². The Morgan fingerprint density at radius 2 is 2.16 bits per heavy atom. The van der Waals surface area contributed by atoms with Crippen LogP contribution in [0.4, 0.5) is 0 Å². The number of hydrogen-bond donors (Lipinski definition) is 1. The lowest BCUT2D eigenvalue weighted by Gasteiger charge is -2.12. The van der Waals surface area contributed by atoms with Gasteiger partial charge < -0.3 is 5.32 Å². The summed E-state index contributed by atoms with van der Waals surface area (Å²) in [4.78, 5) is 4.64. The first-order valence-corrected chi connectivity index (χ1v) is 7.96. The van der Waals surface area contributed by atoms with Crippen LogP contribution in [0.3, 0.4) is 0 Å². The Morgan fingerprint density at radius 1 is 1.21 bits per heavy atom. The quantitative estimate of drug-likeness (QED) is 0.649. The summed E-state index contributed by atoms with van der Waals surface area (Å²) in [5.74, 6) is 0. The van der Waals surface area contributed by atoms with E-state index in [2.05, 4.69) is 40.6 Å². The van der Waals surface area contributed by atoms with Gasteiger partial charge in [0.25, 0.3) is 0 Å². The van der Waals surface area contributed by atoms with E-state index in [1.54, 1.807) is 16.9 Å². The molecular weight excluding hydrogens is 252 g/mol. The number of allylic oxidation sites excluding steroid dienone is 1. The van der Waals surface area contributed by atoms with Gasteiger partial charge in [0.2, 0.25) is 0 Å². The third kappa shape index (κ3) is 3.43. The second-order valence-corrected chi connectivity index (χ2v) is 6.23. The molecule has 0 unspecified atom stereocenters. The second-order valence-electron chi connectivity index (χ2n) is 5.11. The predicted molar refractivity (Wildman–Crippen MR) is 82.5 cm³/mol. The summed E-state index contributed by atoms with van der Waals surface area (Å²) in [6, 6.07) is 8.35. The van der Waals surface area contributed by atoms with Crippen LogP contribution >= 0.6 is 11.3 Å². The average molecular weight is 272 g/mol. The van der Waals surface area contributed by atoms with Gasteiger partial charge in [0.1, 0.15) is 5.01 Å². The van der Waals surface area contributed by atoms with Gasteiger partial charge in [-0.15, -0.1) is 11.3 Å². The molecule has 2 aromatic rings. The summed E-state index contributed by atoms with van der Waals surface area (Å²) in [6.45, 7) is 1.97. The van der Waals surface area contributed by atoms with Gasteiger partial charge in [-0.25, -0.2) is 4.98 Å². The van der Waals surface area contributed by atoms with Gasteiger partial charge in [0, 0.05) is 6.54 Å². The third-order valence-corrected chi connectivity index (χ3v) is 4.66.